The molecule has 1 aromatic rings. The monoisotopic (exact) mass is 287 g/mol. The van der Waals surface area contributed by atoms with Gasteiger partial charge in [0.15, 0.2) is 0 Å². The summed E-state index contributed by atoms with van der Waals surface area (Å²) in [6, 6.07) is 3.75. The highest BCUT2D eigenvalue weighted by Gasteiger charge is 2.16. The Balaban J connectivity index is 1.99. The molecule has 1 aliphatic rings. The zero-order valence-corrected chi connectivity index (χ0v) is 12.1. The maximum absolute atomic E-state index is 6.15. The van der Waals surface area contributed by atoms with Crippen molar-refractivity contribution in [2.24, 2.45) is 0 Å². The zero-order valence-electron chi connectivity index (χ0n) is 10.5. The quantitative estimate of drug-likeness (QED) is 0.833. The van der Waals surface area contributed by atoms with Crippen LogP contribution < -0.4 is 11.1 Å². The van der Waals surface area contributed by atoms with Crippen LogP contribution >= 0.6 is 23.2 Å². The summed E-state index contributed by atoms with van der Waals surface area (Å²) >= 11 is 12.3. The Morgan fingerprint density at radius 1 is 1.28 bits per heavy atom. The Morgan fingerprint density at radius 2 is 1.83 bits per heavy atom. The van der Waals surface area contributed by atoms with Crippen LogP contribution in [-0.4, -0.2) is 30.6 Å². The van der Waals surface area contributed by atoms with E-state index in [1.165, 1.54) is 25.9 Å². The summed E-state index contributed by atoms with van der Waals surface area (Å²) in [6.45, 7) is 5.53. The van der Waals surface area contributed by atoms with Gasteiger partial charge in [0, 0.05) is 18.3 Å². The summed E-state index contributed by atoms with van der Waals surface area (Å²) in [4.78, 5) is 2.46. The fraction of sp³-hybridized carbons (Fsp3) is 0.538. The average Bonchev–Trinajstić information content (AvgIpc) is 2.76. The van der Waals surface area contributed by atoms with Crippen LogP contribution in [0, 0.1) is 0 Å². The molecule has 2 rings (SSSR count). The Kier molecular flexibility index (Phi) is 4.60. The zero-order chi connectivity index (χ0) is 13.1. The largest absolute Gasteiger partial charge is 0.399 e. The molecule has 0 bridgehead atoms. The maximum Gasteiger partial charge on any atom is 0.0723 e. The number of anilines is 2. The van der Waals surface area contributed by atoms with Crippen molar-refractivity contribution >= 4 is 34.6 Å². The van der Waals surface area contributed by atoms with Gasteiger partial charge in [0.1, 0.15) is 0 Å². The number of benzene rings is 1. The minimum Gasteiger partial charge on any atom is -0.399 e. The Hall–Kier alpha value is -0.640. The van der Waals surface area contributed by atoms with Crippen molar-refractivity contribution in [2.75, 3.05) is 30.7 Å². The van der Waals surface area contributed by atoms with E-state index in [1.807, 2.05) is 0 Å². The van der Waals surface area contributed by atoms with Gasteiger partial charge in [-0.1, -0.05) is 23.2 Å². The lowest BCUT2D eigenvalue weighted by Crippen LogP contribution is -2.33. The normalized spacial score (nSPS) is 17.9. The van der Waals surface area contributed by atoms with Crippen molar-refractivity contribution < 1.29 is 0 Å². The predicted octanol–water partition coefficient (Wildman–Crippen LogP) is 3.47. The highest BCUT2D eigenvalue weighted by atomic mass is 35.5. The number of nitrogens with zero attached hydrogens (tertiary/aromatic N) is 1. The summed E-state index contributed by atoms with van der Waals surface area (Å²) in [5, 5.41) is 4.53. The molecule has 3 nitrogen and oxygen atoms in total. The number of halogens is 2. The molecule has 3 N–H and O–H groups in total. The smallest absolute Gasteiger partial charge is 0.0723 e. The third-order valence-electron chi connectivity index (χ3n) is 3.19. The summed E-state index contributed by atoms with van der Waals surface area (Å²) in [7, 11) is 0. The van der Waals surface area contributed by atoms with Crippen molar-refractivity contribution in [3.05, 3.63) is 22.2 Å². The lowest BCUT2D eigenvalue weighted by Gasteiger charge is -2.23. The van der Waals surface area contributed by atoms with Crippen LogP contribution in [0.15, 0.2) is 12.1 Å². The van der Waals surface area contributed by atoms with Crippen LogP contribution in [0.1, 0.15) is 19.8 Å². The lowest BCUT2D eigenvalue weighted by molar-refractivity contribution is 0.328. The summed E-state index contributed by atoms with van der Waals surface area (Å²) in [5.41, 5.74) is 7.05. The molecule has 0 amide bonds. The van der Waals surface area contributed by atoms with Gasteiger partial charge in [0.2, 0.25) is 0 Å². The van der Waals surface area contributed by atoms with Crippen molar-refractivity contribution in [1.82, 2.24) is 4.90 Å². The van der Waals surface area contributed by atoms with E-state index in [2.05, 4.69) is 17.1 Å². The van der Waals surface area contributed by atoms with Crippen LogP contribution in [0.2, 0.25) is 10.0 Å². The molecule has 0 spiro atoms. The van der Waals surface area contributed by atoms with Gasteiger partial charge in [0.25, 0.3) is 0 Å². The second-order valence-electron chi connectivity index (χ2n) is 4.91. The van der Waals surface area contributed by atoms with Gasteiger partial charge in [-0.3, -0.25) is 0 Å². The van der Waals surface area contributed by atoms with Crippen LogP contribution in [0.4, 0.5) is 11.4 Å². The fourth-order valence-corrected chi connectivity index (χ4v) is 2.99. The first-order chi connectivity index (χ1) is 8.56. The molecule has 18 heavy (non-hydrogen) atoms. The summed E-state index contributed by atoms with van der Waals surface area (Å²) < 4.78 is 0. The molecule has 1 heterocycles. The lowest BCUT2D eigenvalue weighted by atomic mass is 10.2. The molecule has 1 atom stereocenters. The molecule has 1 aromatic carbocycles. The van der Waals surface area contributed by atoms with Crippen LogP contribution in [0.5, 0.6) is 0 Å². The van der Waals surface area contributed by atoms with E-state index in [4.69, 9.17) is 28.9 Å². The average molecular weight is 288 g/mol. The first kappa shape index (κ1) is 13.8. The third kappa shape index (κ3) is 3.44. The number of hydrogen-bond acceptors (Lipinski definition) is 3. The van der Waals surface area contributed by atoms with Crippen molar-refractivity contribution in [3.8, 4) is 0 Å². The van der Waals surface area contributed by atoms with E-state index in [0.717, 1.165) is 12.2 Å². The second kappa shape index (κ2) is 6.00. The Morgan fingerprint density at radius 3 is 2.39 bits per heavy atom. The van der Waals surface area contributed by atoms with E-state index in [9.17, 15) is 0 Å². The molecule has 0 aromatic heterocycles. The Bertz CT molecular complexity index is 394. The molecule has 5 heteroatoms. The van der Waals surface area contributed by atoms with Crippen LogP contribution in [0.25, 0.3) is 0 Å². The van der Waals surface area contributed by atoms with E-state index in [1.54, 1.807) is 12.1 Å². The molecule has 0 radical (unpaired) electrons. The highest BCUT2D eigenvalue weighted by molar-refractivity contribution is 6.39. The molecule has 0 saturated carbocycles. The molecule has 1 aliphatic heterocycles. The van der Waals surface area contributed by atoms with Gasteiger partial charge in [-0.05, 0) is 45.0 Å². The first-order valence-corrected chi connectivity index (χ1v) is 7.05. The van der Waals surface area contributed by atoms with Gasteiger partial charge in [-0.2, -0.15) is 0 Å². The van der Waals surface area contributed by atoms with Gasteiger partial charge >= 0.3 is 0 Å². The van der Waals surface area contributed by atoms with E-state index >= 15 is 0 Å². The number of likely N-dealkylation sites (tertiary alicyclic amines) is 1. The van der Waals surface area contributed by atoms with Crippen molar-refractivity contribution in [1.29, 1.82) is 0 Å². The third-order valence-corrected chi connectivity index (χ3v) is 3.78. The number of nitrogens with one attached hydrogen (secondary N) is 1. The molecular formula is C13H19Cl2N3. The first-order valence-electron chi connectivity index (χ1n) is 6.29. The highest BCUT2D eigenvalue weighted by Crippen LogP contribution is 2.33. The topological polar surface area (TPSA) is 41.3 Å². The van der Waals surface area contributed by atoms with E-state index < -0.39 is 0 Å². The predicted molar refractivity (Wildman–Crippen MR) is 79.6 cm³/mol. The number of nitrogen functional groups attached to an aromatic ring is 1. The van der Waals surface area contributed by atoms with Crippen molar-refractivity contribution in [2.45, 2.75) is 25.8 Å². The van der Waals surface area contributed by atoms with Gasteiger partial charge in [0.05, 0.1) is 15.7 Å². The summed E-state index contributed by atoms with van der Waals surface area (Å²) in [6.07, 6.45) is 2.60. The van der Waals surface area contributed by atoms with E-state index in [-0.39, 0.29) is 0 Å². The van der Waals surface area contributed by atoms with E-state index in [0.29, 0.717) is 21.8 Å². The molecule has 1 fully saturated rings. The van der Waals surface area contributed by atoms with Gasteiger partial charge in [-0.15, -0.1) is 0 Å². The minimum atomic E-state index is 0.307. The standard InChI is InChI=1S/C13H19Cl2N3/c1-9(8-18-4-2-3-5-18)17-13-11(14)6-10(16)7-12(13)15/h6-7,9,17H,2-5,8,16H2,1H3. The second-order valence-corrected chi connectivity index (χ2v) is 5.73. The SMILES string of the molecule is CC(CN1CCCC1)Nc1c(Cl)cc(N)cc1Cl. The molecule has 1 saturated heterocycles. The molecule has 1 unspecified atom stereocenters. The van der Waals surface area contributed by atoms with Gasteiger partial charge in [-0.25, -0.2) is 0 Å². The van der Waals surface area contributed by atoms with Gasteiger partial charge < -0.3 is 16.0 Å². The molecule has 100 valence electrons. The van der Waals surface area contributed by atoms with Crippen LogP contribution in [0.3, 0.4) is 0 Å². The minimum absolute atomic E-state index is 0.307. The van der Waals surface area contributed by atoms with Crippen molar-refractivity contribution in [3.63, 3.8) is 0 Å². The number of nitrogens with two attached hydrogens (primary N) is 1. The maximum atomic E-state index is 6.15. The molecule has 0 aliphatic carbocycles. The molecular weight excluding hydrogens is 269 g/mol. The summed E-state index contributed by atoms with van der Waals surface area (Å²) in [5.74, 6) is 0. The number of hydrogen-bond donors (Lipinski definition) is 2. The number of rotatable bonds is 4. The van der Waals surface area contributed by atoms with Crippen LogP contribution in [-0.2, 0) is 0 Å². The fourth-order valence-electron chi connectivity index (χ4n) is 2.38. The Labute approximate surface area is 118 Å².